The largest absolute Gasteiger partial charge is 0.481 e. The Morgan fingerprint density at radius 3 is 2.63 bits per heavy atom. The molecule has 144 valence electrons. The van der Waals surface area contributed by atoms with E-state index >= 15 is 0 Å². The molecule has 2 N–H and O–H groups in total. The van der Waals surface area contributed by atoms with Gasteiger partial charge in [-0.2, -0.15) is 0 Å². The van der Waals surface area contributed by atoms with Gasteiger partial charge in [0.25, 0.3) is 11.8 Å². The van der Waals surface area contributed by atoms with Crippen molar-refractivity contribution >= 4 is 17.5 Å². The van der Waals surface area contributed by atoms with Gasteiger partial charge < -0.3 is 20.1 Å². The van der Waals surface area contributed by atoms with Gasteiger partial charge in [-0.05, 0) is 56.2 Å². The summed E-state index contributed by atoms with van der Waals surface area (Å²) in [4.78, 5) is 24.5. The Bertz CT molecular complexity index is 805. The molecule has 0 fully saturated rings. The van der Waals surface area contributed by atoms with Crippen LogP contribution in [0.25, 0.3) is 0 Å². The van der Waals surface area contributed by atoms with E-state index in [4.69, 9.17) is 9.47 Å². The number of hydrogen-bond donors (Lipinski definition) is 2. The first kappa shape index (κ1) is 20.5. The molecule has 27 heavy (non-hydrogen) atoms. The summed E-state index contributed by atoms with van der Waals surface area (Å²) in [6.07, 6.45) is -0.676. The third-order valence-corrected chi connectivity index (χ3v) is 4.00. The number of benzene rings is 2. The van der Waals surface area contributed by atoms with E-state index in [1.807, 2.05) is 32.0 Å². The zero-order valence-electron chi connectivity index (χ0n) is 16.2. The molecule has 0 saturated heterocycles. The van der Waals surface area contributed by atoms with Crippen LogP contribution in [0.15, 0.2) is 42.5 Å². The molecule has 6 heteroatoms. The minimum Gasteiger partial charge on any atom is -0.481 e. The van der Waals surface area contributed by atoms with Crippen molar-refractivity contribution < 1.29 is 19.1 Å². The van der Waals surface area contributed by atoms with Crippen LogP contribution in [-0.4, -0.2) is 38.2 Å². The maximum absolute atomic E-state index is 12.5. The fraction of sp³-hybridized carbons (Fsp3) is 0.333. The number of anilines is 1. The van der Waals surface area contributed by atoms with Gasteiger partial charge in [-0.3, -0.25) is 9.59 Å². The van der Waals surface area contributed by atoms with Crippen molar-refractivity contribution in [2.75, 3.05) is 25.6 Å². The fourth-order valence-corrected chi connectivity index (χ4v) is 2.43. The highest BCUT2D eigenvalue weighted by Gasteiger charge is 2.16. The molecule has 0 aromatic heterocycles. The molecule has 0 aliphatic heterocycles. The molecule has 1 unspecified atom stereocenters. The van der Waals surface area contributed by atoms with E-state index in [2.05, 4.69) is 10.6 Å². The molecule has 0 aliphatic carbocycles. The van der Waals surface area contributed by atoms with Gasteiger partial charge in [-0.25, -0.2) is 0 Å². The van der Waals surface area contributed by atoms with Crippen LogP contribution in [0.3, 0.4) is 0 Å². The average molecular weight is 370 g/mol. The first-order valence-electron chi connectivity index (χ1n) is 8.82. The van der Waals surface area contributed by atoms with Crippen LogP contribution in [0.4, 0.5) is 5.69 Å². The third kappa shape index (κ3) is 6.11. The normalized spacial score (nSPS) is 11.6. The van der Waals surface area contributed by atoms with Crippen LogP contribution in [0.5, 0.6) is 5.75 Å². The predicted molar refractivity (Wildman–Crippen MR) is 105 cm³/mol. The second-order valence-corrected chi connectivity index (χ2v) is 6.35. The molecule has 0 radical (unpaired) electrons. The van der Waals surface area contributed by atoms with Crippen LogP contribution in [0, 0.1) is 13.8 Å². The zero-order chi connectivity index (χ0) is 19.8. The summed E-state index contributed by atoms with van der Waals surface area (Å²) in [7, 11) is 1.57. The molecule has 0 saturated carbocycles. The van der Waals surface area contributed by atoms with Crippen molar-refractivity contribution in [2.45, 2.75) is 26.9 Å². The standard InChI is InChI=1S/C21H26N2O4/c1-14-8-9-15(2)19(12-14)27-16(3)20(24)23-18-7-5-6-17(13-18)21(25)22-10-11-26-4/h5-9,12-13,16H,10-11H2,1-4H3,(H,22,25)(H,23,24). The highest BCUT2D eigenvalue weighted by Crippen LogP contribution is 2.21. The topological polar surface area (TPSA) is 76.7 Å². The Hall–Kier alpha value is -2.86. The monoisotopic (exact) mass is 370 g/mol. The van der Waals surface area contributed by atoms with Gasteiger partial charge in [-0.1, -0.05) is 18.2 Å². The minimum atomic E-state index is -0.676. The van der Waals surface area contributed by atoms with Gasteiger partial charge in [0, 0.05) is 24.9 Å². The number of hydrogen-bond acceptors (Lipinski definition) is 4. The molecule has 2 rings (SSSR count). The van der Waals surface area contributed by atoms with E-state index in [0.29, 0.717) is 30.2 Å². The predicted octanol–water partition coefficient (Wildman–Crippen LogP) is 3.09. The third-order valence-electron chi connectivity index (χ3n) is 4.00. The molecule has 2 aromatic carbocycles. The van der Waals surface area contributed by atoms with Crippen molar-refractivity contribution in [3.05, 3.63) is 59.2 Å². The molecule has 2 amide bonds. The van der Waals surface area contributed by atoms with Crippen LogP contribution >= 0.6 is 0 Å². The van der Waals surface area contributed by atoms with Gasteiger partial charge in [0.15, 0.2) is 6.10 Å². The van der Waals surface area contributed by atoms with Gasteiger partial charge >= 0.3 is 0 Å². The van der Waals surface area contributed by atoms with Crippen molar-refractivity contribution in [1.82, 2.24) is 5.32 Å². The SMILES string of the molecule is COCCNC(=O)c1cccc(NC(=O)C(C)Oc2cc(C)ccc2C)c1. The van der Waals surface area contributed by atoms with Crippen LogP contribution in [0.1, 0.15) is 28.4 Å². The van der Waals surface area contributed by atoms with E-state index in [-0.39, 0.29) is 11.8 Å². The van der Waals surface area contributed by atoms with Gasteiger partial charge in [0.2, 0.25) is 0 Å². The fourth-order valence-electron chi connectivity index (χ4n) is 2.43. The Labute approximate surface area is 159 Å². The first-order chi connectivity index (χ1) is 12.9. The lowest BCUT2D eigenvalue weighted by atomic mass is 10.1. The molecule has 0 spiro atoms. The van der Waals surface area contributed by atoms with E-state index < -0.39 is 6.10 Å². The smallest absolute Gasteiger partial charge is 0.265 e. The first-order valence-corrected chi connectivity index (χ1v) is 8.82. The molecule has 6 nitrogen and oxygen atoms in total. The lowest BCUT2D eigenvalue weighted by Gasteiger charge is -2.17. The Morgan fingerprint density at radius 2 is 1.89 bits per heavy atom. The zero-order valence-corrected chi connectivity index (χ0v) is 16.2. The van der Waals surface area contributed by atoms with Crippen molar-refractivity contribution in [3.63, 3.8) is 0 Å². The number of carbonyl (C=O) groups is 2. The van der Waals surface area contributed by atoms with Crippen LogP contribution in [-0.2, 0) is 9.53 Å². The van der Waals surface area contributed by atoms with E-state index in [1.54, 1.807) is 38.3 Å². The number of amides is 2. The van der Waals surface area contributed by atoms with Crippen LogP contribution in [0.2, 0.25) is 0 Å². The quantitative estimate of drug-likeness (QED) is 0.700. The van der Waals surface area contributed by atoms with Crippen LogP contribution < -0.4 is 15.4 Å². The number of ether oxygens (including phenoxy) is 2. The van der Waals surface area contributed by atoms with Gasteiger partial charge in [0.05, 0.1) is 6.61 Å². The number of carbonyl (C=O) groups excluding carboxylic acids is 2. The Balaban J connectivity index is 1.99. The second kappa shape index (κ2) is 9.73. The second-order valence-electron chi connectivity index (χ2n) is 6.35. The number of methoxy groups -OCH3 is 1. The Morgan fingerprint density at radius 1 is 1.11 bits per heavy atom. The molecule has 2 aromatic rings. The highest BCUT2D eigenvalue weighted by molar-refractivity contribution is 5.98. The average Bonchev–Trinajstić information content (AvgIpc) is 2.65. The summed E-state index contributed by atoms with van der Waals surface area (Å²) in [5.41, 5.74) is 3.04. The molecular weight excluding hydrogens is 344 g/mol. The van der Waals surface area contributed by atoms with Crippen molar-refractivity contribution in [1.29, 1.82) is 0 Å². The molecule has 0 bridgehead atoms. The highest BCUT2D eigenvalue weighted by atomic mass is 16.5. The lowest BCUT2D eigenvalue weighted by Crippen LogP contribution is -2.30. The summed E-state index contributed by atoms with van der Waals surface area (Å²) < 4.78 is 10.7. The molecule has 0 heterocycles. The van der Waals surface area contributed by atoms with Gasteiger partial charge in [-0.15, -0.1) is 0 Å². The summed E-state index contributed by atoms with van der Waals surface area (Å²) in [5.74, 6) is 0.180. The maximum atomic E-state index is 12.5. The number of rotatable bonds is 8. The van der Waals surface area contributed by atoms with Crippen molar-refractivity contribution in [2.24, 2.45) is 0 Å². The van der Waals surface area contributed by atoms with Crippen molar-refractivity contribution in [3.8, 4) is 5.75 Å². The summed E-state index contributed by atoms with van der Waals surface area (Å²) >= 11 is 0. The van der Waals surface area contributed by atoms with Gasteiger partial charge in [0.1, 0.15) is 5.75 Å². The van der Waals surface area contributed by atoms with E-state index in [1.165, 1.54) is 0 Å². The molecule has 1 atom stereocenters. The minimum absolute atomic E-state index is 0.220. The molecule has 0 aliphatic rings. The number of aryl methyl sites for hydroxylation is 2. The summed E-state index contributed by atoms with van der Waals surface area (Å²) in [5, 5.41) is 5.54. The Kier molecular flexibility index (Phi) is 7.37. The number of nitrogens with one attached hydrogen (secondary N) is 2. The summed E-state index contributed by atoms with van der Waals surface area (Å²) in [6, 6.07) is 12.6. The lowest BCUT2D eigenvalue weighted by molar-refractivity contribution is -0.122. The molecular formula is C21H26N2O4. The summed E-state index contributed by atoms with van der Waals surface area (Å²) in [6.45, 7) is 6.46. The van der Waals surface area contributed by atoms with E-state index in [9.17, 15) is 9.59 Å². The van der Waals surface area contributed by atoms with E-state index in [0.717, 1.165) is 11.1 Å². The maximum Gasteiger partial charge on any atom is 0.265 e.